The minimum absolute atomic E-state index is 0.124. The summed E-state index contributed by atoms with van der Waals surface area (Å²) in [6.45, 7) is 1.31. The first kappa shape index (κ1) is 22.1. The Labute approximate surface area is 189 Å². The van der Waals surface area contributed by atoms with Crippen LogP contribution in [0.15, 0.2) is 48.1 Å². The highest BCUT2D eigenvalue weighted by Crippen LogP contribution is 2.26. The van der Waals surface area contributed by atoms with Crippen molar-refractivity contribution in [2.24, 2.45) is 5.92 Å². The van der Waals surface area contributed by atoms with Crippen molar-refractivity contribution in [2.45, 2.75) is 11.9 Å². The summed E-state index contributed by atoms with van der Waals surface area (Å²) in [5.74, 6) is 0.587. The lowest BCUT2D eigenvalue weighted by atomic mass is 10.1. The van der Waals surface area contributed by atoms with Crippen LogP contribution in [0.3, 0.4) is 0 Å². The maximum Gasteiger partial charge on any atom is 0.326 e. The van der Waals surface area contributed by atoms with E-state index >= 15 is 0 Å². The fourth-order valence-electron chi connectivity index (χ4n) is 3.33. The van der Waals surface area contributed by atoms with Crippen LogP contribution >= 0.6 is 11.3 Å². The van der Waals surface area contributed by atoms with Crippen LogP contribution in [0.5, 0.6) is 5.88 Å². The zero-order valence-electron chi connectivity index (χ0n) is 17.2. The van der Waals surface area contributed by atoms with Crippen molar-refractivity contribution in [3.63, 3.8) is 0 Å². The Balaban J connectivity index is 1.40. The molecule has 3 aromatic heterocycles. The van der Waals surface area contributed by atoms with Crippen LogP contribution in [0.25, 0.3) is 10.6 Å². The number of carbonyl (C=O) groups excluding carboxylic acids is 1. The molecule has 0 aromatic carbocycles. The van der Waals surface area contributed by atoms with Crippen molar-refractivity contribution in [3.8, 4) is 16.5 Å². The molecule has 168 valence electrons. The van der Waals surface area contributed by atoms with Gasteiger partial charge in [-0.15, -0.1) is 11.3 Å². The topological polar surface area (TPSA) is 135 Å². The zero-order chi connectivity index (χ0) is 22.6. The number of rotatable bonds is 7. The molecule has 1 aliphatic rings. The van der Waals surface area contributed by atoms with E-state index in [9.17, 15) is 13.2 Å². The molecule has 1 saturated heterocycles. The summed E-state index contributed by atoms with van der Waals surface area (Å²) in [6, 6.07) is 7.93. The first-order valence-electron chi connectivity index (χ1n) is 9.86. The van der Waals surface area contributed by atoms with Gasteiger partial charge in [0.1, 0.15) is 16.6 Å². The number of nitrogens with zero attached hydrogens (tertiary/aromatic N) is 3. The molecule has 2 amide bonds. The zero-order valence-corrected chi connectivity index (χ0v) is 18.8. The Kier molecular flexibility index (Phi) is 6.63. The lowest BCUT2D eigenvalue weighted by Crippen LogP contribution is -2.36. The number of hydrogen-bond acceptors (Lipinski definition) is 9. The number of carbonyl (C=O) groups is 1. The molecule has 1 aliphatic heterocycles. The lowest BCUT2D eigenvalue weighted by molar-refractivity contribution is 0.206. The van der Waals surface area contributed by atoms with Gasteiger partial charge >= 0.3 is 6.03 Å². The van der Waals surface area contributed by atoms with Crippen LogP contribution in [0.4, 0.5) is 16.4 Å². The predicted octanol–water partition coefficient (Wildman–Crippen LogP) is 2.60. The summed E-state index contributed by atoms with van der Waals surface area (Å²) in [6.07, 6.45) is 5.20. The smallest absolute Gasteiger partial charge is 0.326 e. The Bertz CT molecular complexity index is 1180. The minimum atomic E-state index is -3.46. The first-order valence-corrected chi connectivity index (χ1v) is 12.7. The third-order valence-corrected chi connectivity index (χ3v) is 7.00. The molecule has 4 heterocycles. The van der Waals surface area contributed by atoms with E-state index in [4.69, 9.17) is 4.74 Å². The largest absolute Gasteiger partial charge is 0.458 e. The molecule has 1 fully saturated rings. The number of nitrogens with one attached hydrogen (secondary N) is 3. The van der Waals surface area contributed by atoms with E-state index in [-0.39, 0.29) is 17.6 Å². The average Bonchev–Trinajstić information content (AvgIpc) is 3.44. The maximum absolute atomic E-state index is 12.4. The first-order chi connectivity index (χ1) is 15.4. The summed E-state index contributed by atoms with van der Waals surface area (Å²) in [7, 11) is -3.46. The van der Waals surface area contributed by atoms with Crippen molar-refractivity contribution in [1.29, 1.82) is 0 Å². The Morgan fingerprint density at radius 1 is 1.19 bits per heavy atom. The molecule has 4 rings (SSSR count). The van der Waals surface area contributed by atoms with Crippen molar-refractivity contribution in [2.75, 3.05) is 30.0 Å². The SMILES string of the molecule is CS(=O)(=O)C(Oc1cccc(NC(=O)Nc2csc(-c3ccncc3)n2)n1)C1CCNC1. The van der Waals surface area contributed by atoms with Gasteiger partial charge in [0.25, 0.3) is 0 Å². The fourth-order valence-corrected chi connectivity index (χ4v) is 5.30. The van der Waals surface area contributed by atoms with Crippen molar-refractivity contribution in [1.82, 2.24) is 20.3 Å². The molecule has 32 heavy (non-hydrogen) atoms. The number of anilines is 2. The lowest BCUT2D eigenvalue weighted by Gasteiger charge is -2.22. The Morgan fingerprint density at radius 3 is 2.69 bits per heavy atom. The van der Waals surface area contributed by atoms with Crippen molar-refractivity contribution >= 4 is 38.8 Å². The van der Waals surface area contributed by atoms with Crippen molar-refractivity contribution in [3.05, 3.63) is 48.1 Å². The summed E-state index contributed by atoms with van der Waals surface area (Å²) in [5.41, 5.74) is -0.0986. The summed E-state index contributed by atoms with van der Waals surface area (Å²) in [5, 5.41) is 10.9. The van der Waals surface area contributed by atoms with Crippen molar-refractivity contribution < 1.29 is 17.9 Å². The van der Waals surface area contributed by atoms with Crippen LogP contribution < -0.4 is 20.7 Å². The highest BCUT2D eigenvalue weighted by atomic mass is 32.2. The summed E-state index contributed by atoms with van der Waals surface area (Å²) < 4.78 is 30.2. The van der Waals surface area contributed by atoms with E-state index in [1.807, 2.05) is 12.1 Å². The monoisotopic (exact) mass is 474 g/mol. The van der Waals surface area contributed by atoms with Gasteiger partial charge in [-0.25, -0.2) is 18.2 Å². The number of hydrogen-bond donors (Lipinski definition) is 3. The van der Waals surface area contributed by atoms with E-state index in [0.717, 1.165) is 23.4 Å². The summed E-state index contributed by atoms with van der Waals surface area (Å²) in [4.78, 5) is 25.0. The van der Waals surface area contributed by atoms with Gasteiger partial charge in [-0.05, 0) is 31.2 Å². The Morgan fingerprint density at radius 2 is 1.97 bits per heavy atom. The number of amides is 2. The van der Waals surface area contributed by atoms with Gasteiger partial charge in [-0.1, -0.05) is 6.07 Å². The molecule has 3 aromatic rings. The third-order valence-electron chi connectivity index (χ3n) is 4.78. The second-order valence-corrected chi connectivity index (χ2v) is 10.3. The molecule has 12 heteroatoms. The van der Waals surface area contributed by atoms with E-state index in [1.54, 1.807) is 36.0 Å². The van der Waals surface area contributed by atoms with E-state index < -0.39 is 21.3 Å². The van der Waals surface area contributed by atoms with E-state index in [1.165, 1.54) is 11.3 Å². The van der Waals surface area contributed by atoms with Gasteiger partial charge in [-0.2, -0.15) is 4.98 Å². The third kappa shape index (κ3) is 5.58. The quantitative estimate of drug-likeness (QED) is 0.476. The second kappa shape index (κ2) is 9.59. The maximum atomic E-state index is 12.4. The van der Waals surface area contributed by atoms with Crippen LogP contribution in [-0.4, -0.2) is 54.2 Å². The van der Waals surface area contributed by atoms with Crippen LogP contribution in [0, 0.1) is 5.92 Å². The molecular formula is C20H22N6O4S2. The molecule has 0 bridgehead atoms. The standard InChI is InChI=1S/C20H22N6O4S2/c1-32(28,29)19(14-7-10-22-11-14)30-17-4-2-3-15(23-17)25-20(27)26-16-12-31-18(24-16)13-5-8-21-9-6-13/h2-6,8-9,12,14,19,22H,7,10-11H2,1H3,(H2,23,25,26,27). The fraction of sp³-hybridized carbons (Fsp3) is 0.300. The Hall–Kier alpha value is -3.09. The van der Waals surface area contributed by atoms with Crippen LogP contribution in [0.1, 0.15) is 6.42 Å². The second-order valence-electron chi connectivity index (χ2n) is 7.28. The molecule has 0 saturated carbocycles. The number of aromatic nitrogens is 3. The van der Waals surface area contributed by atoms with Gasteiger partial charge in [-0.3, -0.25) is 15.6 Å². The average molecular weight is 475 g/mol. The molecule has 0 radical (unpaired) electrons. The number of pyridine rings is 2. The molecule has 0 aliphatic carbocycles. The normalized spacial score (nSPS) is 17.0. The number of thiazole rings is 1. The highest BCUT2D eigenvalue weighted by Gasteiger charge is 2.34. The molecular weight excluding hydrogens is 452 g/mol. The number of ether oxygens (including phenoxy) is 1. The van der Waals surface area contributed by atoms with Crippen LogP contribution in [0.2, 0.25) is 0 Å². The van der Waals surface area contributed by atoms with Gasteiger partial charge < -0.3 is 10.1 Å². The highest BCUT2D eigenvalue weighted by molar-refractivity contribution is 7.91. The van der Waals surface area contributed by atoms with E-state index in [2.05, 4.69) is 30.9 Å². The molecule has 10 nitrogen and oxygen atoms in total. The molecule has 0 spiro atoms. The summed E-state index contributed by atoms with van der Waals surface area (Å²) >= 11 is 1.40. The molecule has 3 N–H and O–H groups in total. The number of urea groups is 1. The van der Waals surface area contributed by atoms with E-state index in [0.29, 0.717) is 18.8 Å². The number of sulfone groups is 1. The van der Waals surface area contributed by atoms with Gasteiger partial charge in [0, 0.05) is 48.1 Å². The van der Waals surface area contributed by atoms with Gasteiger partial charge in [0.15, 0.2) is 9.84 Å². The minimum Gasteiger partial charge on any atom is -0.458 e. The van der Waals surface area contributed by atoms with Crippen LogP contribution in [-0.2, 0) is 9.84 Å². The molecule has 2 atom stereocenters. The van der Waals surface area contributed by atoms with Gasteiger partial charge in [0.2, 0.25) is 11.3 Å². The van der Waals surface area contributed by atoms with Gasteiger partial charge in [0.05, 0.1) is 0 Å². The molecule has 2 unspecified atom stereocenters. The predicted molar refractivity (Wildman–Crippen MR) is 122 cm³/mol.